The third-order valence-corrected chi connectivity index (χ3v) is 5.90. The molecular weight excluding hydrogens is 478 g/mol. The normalized spacial score (nSPS) is 12.3. The molecule has 0 atom stereocenters. The maximum atomic E-state index is 14.6. The van der Waals surface area contributed by atoms with Crippen LogP contribution in [-0.4, -0.2) is 26.8 Å². The largest absolute Gasteiger partial charge is 0.478 e. The molecule has 2 N–H and O–H groups in total. The average molecular weight is 493 g/mol. The standard InChI is InChI=1S/C25H15Cl2FN4O2/c26-14-5-7-16-19(9-14)23(18-3-1-2-4-21(18)28)29-11-13-12-30-25(32-22(13)16)31-15-6-8-17(24(33)34)20(27)10-15/h1-10,12H,11H2,(H,33,34)(H,30,31,32). The van der Waals surface area contributed by atoms with Gasteiger partial charge >= 0.3 is 5.97 Å². The van der Waals surface area contributed by atoms with Crippen LogP contribution in [0.1, 0.15) is 27.0 Å². The highest BCUT2D eigenvalue weighted by Gasteiger charge is 2.23. The second-order valence-electron chi connectivity index (χ2n) is 7.53. The number of carboxylic acids is 1. The lowest BCUT2D eigenvalue weighted by atomic mass is 9.95. The molecule has 0 fully saturated rings. The molecule has 0 amide bonds. The minimum atomic E-state index is -1.11. The average Bonchev–Trinajstić information content (AvgIpc) is 2.96. The number of rotatable bonds is 4. The molecule has 34 heavy (non-hydrogen) atoms. The zero-order valence-electron chi connectivity index (χ0n) is 17.4. The Morgan fingerprint density at radius 1 is 1.00 bits per heavy atom. The van der Waals surface area contributed by atoms with Crippen LogP contribution in [0.2, 0.25) is 10.0 Å². The summed E-state index contributed by atoms with van der Waals surface area (Å²) >= 11 is 12.4. The number of aliphatic imine (C=N–C) groups is 1. The summed E-state index contributed by atoms with van der Waals surface area (Å²) in [4.78, 5) is 24.9. The molecule has 0 bridgehead atoms. The Hall–Kier alpha value is -3.81. The number of hydrogen-bond acceptors (Lipinski definition) is 5. The lowest BCUT2D eigenvalue weighted by molar-refractivity contribution is 0.0697. The Labute approximate surface area is 203 Å². The predicted molar refractivity (Wildman–Crippen MR) is 130 cm³/mol. The van der Waals surface area contributed by atoms with E-state index in [4.69, 9.17) is 28.3 Å². The number of hydrogen-bond donors (Lipinski definition) is 2. The van der Waals surface area contributed by atoms with E-state index < -0.39 is 5.97 Å². The SMILES string of the molecule is O=C(O)c1ccc(Nc2ncc3c(n2)-c2ccc(Cl)cc2C(c2ccccc2F)=NC3)cc1Cl. The Balaban J connectivity index is 1.58. The highest BCUT2D eigenvalue weighted by molar-refractivity contribution is 6.33. The number of aromatic nitrogens is 2. The summed E-state index contributed by atoms with van der Waals surface area (Å²) in [6.45, 7) is 0.255. The van der Waals surface area contributed by atoms with E-state index in [1.54, 1.807) is 42.6 Å². The van der Waals surface area contributed by atoms with Crippen molar-refractivity contribution in [2.75, 3.05) is 5.32 Å². The van der Waals surface area contributed by atoms with Crippen molar-refractivity contribution >= 4 is 46.5 Å². The third-order valence-electron chi connectivity index (χ3n) is 5.35. The Bertz CT molecular complexity index is 1490. The van der Waals surface area contributed by atoms with E-state index in [1.165, 1.54) is 18.2 Å². The maximum Gasteiger partial charge on any atom is 0.337 e. The third kappa shape index (κ3) is 4.11. The van der Waals surface area contributed by atoms with Crippen LogP contribution >= 0.6 is 23.2 Å². The number of benzene rings is 3. The molecule has 6 nitrogen and oxygen atoms in total. The molecule has 0 saturated heterocycles. The van der Waals surface area contributed by atoms with Crippen LogP contribution < -0.4 is 5.32 Å². The summed E-state index contributed by atoms with van der Waals surface area (Å²) in [5.41, 5.74) is 4.19. The monoisotopic (exact) mass is 492 g/mol. The van der Waals surface area contributed by atoms with Crippen LogP contribution in [0.25, 0.3) is 11.3 Å². The van der Waals surface area contributed by atoms with Gasteiger partial charge in [0.25, 0.3) is 0 Å². The van der Waals surface area contributed by atoms with Gasteiger partial charge in [-0.1, -0.05) is 41.4 Å². The molecule has 9 heteroatoms. The summed E-state index contributed by atoms with van der Waals surface area (Å²) in [5, 5.41) is 12.8. The van der Waals surface area contributed by atoms with Crippen molar-refractivity contribution in [1.29, 1.82) is 0 Å². The summed E-state index contributed by atoms with van der Waals surface area (Å²) in [6.07, 6.45) is 1.66. The first-order chi connectivity index (χ1) is 16.4. The lowest BCUT2D eigenvalue weighted by Crippen LogP contribution is -2.07. The molecule has 4 aromatic rings. The molecule has 168 valence electrons. The number of carbonyl (C=O) groups is 1. The van der Waals surface area contributed by atoms with Crippen molar-refractivity contribution in [2.24, 2.45) is 4.99 Å². The lowest BCUT2D eigenvalue weighted by Gasteiger charge is -2.13. The maximum absolute atomic E-state index is 14.6. The van der Waals surface area contributed by atoms with Crippen molar-refractivity contribution in [3.8, 4) is 11.3 Å². The minimum Gasteiger partial charge on any atom is -0.478 e. The fourth-order valence-electron chi connectivity index (χ4n) is 3.76. The van der Waals surface area contributed by atoms with Gasteiger partial charge < -0.3 is 10.4 Å². The van der Waals surface area contributed by atoms with Crippen LogP contribution in [0.3, 0.4) is 0 Å². The van der Waals surface area contributed by atoms with Crippen LogP contribution in [-0.2, 0) is 6.54 Å². The van der Waals surface area contributed by atoms with Gasteiger partial charge in [-0.05, 0) is 42.5 Å². The molecule has 1 aliphatic heterocycles. The highest BCUT2D eigenvalue weighted by atomic mass is 35.5. The molecule has 0 radical (unpaired) electrons. The molecule has 0 aliphatic carbocycles. The van der Waals surface area contributed by atoms with Crippen molar-refractivity contribution in [3.63, 3.8) is 0 Å². The van der Waals surface area contributed by atoms with Crippen molar-refractivity contribution in [2.45, 2.75) is 6.54 Å². The van der Waals surface area contributed by atoms with Crippen LogP contribution in [0, 0.1) is 5.82 Å². The van der Waals surface area contributed by atoms with Crippen molar-refractivity contribution < 1.29 is 14.3 Å². The van der Waals surface area contributed by atoms with E-state index in [9.17, 15) is 9.18 Å². The van der Waals surface area contributed by atoms with E-state index >= 15 is 0 Å². The second kappa shape index (κ2) is 8.85. The first kappa shape index (κ1) is 22.0. The molecule has 5 rings (SSSR count). The number of anilines is 2. The zero-order valence-corrected chi connectivity index (χ0v) is 18.9. The fourth-order valence-corrected chi connectivity index (χ4v) is 4.20. The minimum absolute atomic E-state index is 0.00121. The van der Waals surface area contributed by atoms with E-state index in [-0.39, 0.29) is 28.9 Å². The van der Waals surface area contributed by atoms with Gasteiger partial charge in [0.05, 0.1) is 28.5 Å². The number of aromatic carboxylic acids is 1. The van der Waals surface area contributed by atoms with Gasteiger partial charge in [0.1, 0.15) is 5.82 Å². The van der Waals surface area contributed by atoms with Gasteiger partial charge in [-0.25, -0.2) is 19.2 Å². The van der Waals surface area contributed by atoms with E-state index in [0.29, 0.717) is 33.2 Å². The molecule has 0 spiro atoms. The van der Waals surface area contributed by atoms with E-state index in [1.807, 2.05) is 6.07 Å². The van der Waals surface area contributed by atoms with Gasteiger partial charge in [0.15, 0.2) is 0 Å². The highest BCUT2D eigenvalue weighted by Crippen LogP contribution is 2.34. The first-order valence-electron chi connectivity index (χ1n) is 10.2. The second-order valence-corrected chi connectivity index (χ2v) is 8.37. The Kier molecular flexibility index (Phi) is 5.73. The molecule has 3 aromatic carbocycles. The van der Waals surface area contributed by atoms with Gasteiger partial charge in [-0.3, -0.25) is 4.99 Å². The van der Waals surface area contributed by atoms with Crippen LogP contribution in [0.5, 0.6) is 0 Å². The molecule has 1 aromatic heterocycles. The van der Waals surface area contributed by atoms with Crippen molar-refractivity contribution in [1.82, 2.24) is 9.97 Å². The Morgan fingerprint density at radius 3 is 2.59 bits per heavy atom. The van der Waals surface area contributed by atoms with Gasteiger partial charge in [0, 0.05) is 39.2 Å². The quantitative estimate of drug-likeness (QED) is 0.345. The van der Waals surface area contributed by atoms with E-state index in [0.717, 1.165) is 11.1 Å². The molecular formula is C25H15Cl2FN4O2. The summed E-state index contributed by atoms with van der Waals surface area (Å²) in [7, 11) is 0. The topological polar surface area (TPSA) is 87.5 Å². The smallest absolute Gasteiger partial charge is 0.337 e. The number of nitrogens with zero attached hydrogens (tertiary/aromatic N) is 3. The molecule has 2 heterocycles. The molecule has 1 aliphatic rings. The molecule has 0 saturated carbocycles. The Morgan fingerprint density at radius 2 is 1.82 bits per heavy atom. The van der Waals surface area contributed by atoms with Crippen LogP contribution in [0.15, 0.2) is 71.9 Å². The summed E-state index contributed by atoms with van der Waals surface area (Å²) < 4.78 is 14.6. The first-order valence-corrected chi connectivity index (χ1v) is 10.9. The summed E-state index contributed by atoms with van der Waals surface area (Å²) in [5.74, 6) is -1.21. The molecule has 0 unspecified atom stereocenters. The fraction of sp³-hybridized carbons (Fsp3) is 0.0400. The van der Waals surface area contributed by atoms with Gasteiger partial charge in [-0.15, -0.1) is 0 Å². The van der Waals surface area contributed by atoms with Crippen molar-refractivity contribution in [3.05, 3.63) is 105 Å². The number of carboxylic acid groups (broad SMARTS) is 1. The predicted octanol–water partition coefficient (Wildman–Crippen LogP) is 6.38. The van der Waals surface area contributed by atoms with Gasteiger partial charge in [0.2, 0.25) is 5.95 Å². The number of nitrogens with one attached hydrogen (secondary N) is 1. The van der Waals surface area contributed by atoms with Crippen LogP contribution in [0.4, 0.5) is 16.0 Å². The zero-order chi connectivity index (χ0) is 23.8. The van der Waals surface area contributed by atoms with Gasteiger partial charge in [-0.2, -0.15) is 0 Å². The number of halogens is 3. The van der Waals surface area contributed by atoms with E-state index in [2.05, 4.69) is 20.3 Å². The number of fused-ring (bicyclic) bond motifs is 3. The summed E-state index contributed by atoms with van der Waals surface area (Å²) in [6, 6.07) is 16.3.